The molecule has 0 rings (SSSR count). The molecule has 0 aromatic rings. The molecule has 0 aliphatic heterocycles. The fraction of sp³-hybridized carbons (Fsp3) is 0. The molecule has 24 valence electrons. The van der Waals surface area contributed by atoms with Gasteiger partial charge in [-0.3, -0.25) is 0 Å². The Morgan fingerprint density at radius 2 is 1.25 bits per heavy atom. The first kappa shape index (κ1) is 35.6. The minimum atomic E-state index is 0. The molecule has 0 aromatic carbocycles. The first-order valence-electron chi connectivity index (χ1n) is 0. The molecule has 0 heterocycles. The van der Waals surface area contributed by atoms with Gasteiger partial charge < -0.3 is 1.43 Å². The third-order valence-electron chi connectivity index (χ3n) is 0. The molecule has 0 unspecified atom stereocenters. The van der Waals surface area contributed by atoms with Crippen molar-refractivity contribution in [3.8, 4) is 0 Å². The van der Waals surface area contributed by atoms with Crippen LogP contribution in [0.3, 0.4) is 0 Å². The summed E-state index contributed by atoms with van der Waals surface area (Å²) in [5, 5.41) is 0. The van der Waals surface area contributed by atoms with Crippen molar-refractivity contribution in [3.05, 3.63) is 0 Å². The van der Waals surface area contributed by atoms with Gasteiger partial charge in [-0.25, -0.2) is 0 Å². The van der Waals surface area contributed by atoms with Crippen molar-refractivity contribution in [2.24, 2.45) is 0 Å². The summed E-state index contributed by atoms with van der Waals surface area (Å²) in [7, 11) is 0. The van der Waals surface area contributed by atoms with E-state index in [2.05, 4.69) is 0 Å². The standard InChI is InChI=1S/Al.Co.Li.Ni.H/q;;+1;;-1. The minimum absolute atomic E-state index is 0. The summed E-state index contributed by atoms with van der Waals surface area (Å²) in [5.74, 6) is 0. The van der Waals surface area contributed by atoms with E-state index in [1.165, 1.54) is 0 Å². The van der Waals surface area contributed by atoms with Crippen LogP contribution in [0.1, 0.15) is 1.43 Å². The van der Waals surface area contributed by atoms with Gasteiger partial charge in [-0.2, -0.15) is 0 Å². The molecule has 0 atom stereocenters. The minimum Gasteiger partial charge on any atom is -1.00 e. The van der Waals surface area contributed by atoms with Crippen LogP contribution in [-0.4, -0.2) is 17.4 Å². The van der Waals surface area contributed by atoms with Gasteiger partial charge in [0, 0.05) is 50.6 Å². The van der Waals surface area contributed by atoms with Crippen molar-refractivity contribution in [1.29, 1.82) is 0 Å². The van der Waals surface area contributed by atoms with Crippen LogP contribution in [0.4, 0.5) is 0 Å². The van der Waals surface area contributed by atoms with E-state index >= 15 is 0 Å². The SMILES string of the molecule is [Al].[Co].[H-].[Li+].[Ni]. The quantitative estimate of drug-likeness (QED) is 0.320. The molecular formula is HAlCoLiNi. The molecule has 0 spiro atoms. The van der Waals surface area contributed by atoms with Gasteiger partial charge in [-0.15, -0.1) is 0 Å². The predicted molar refractivity (Wildman–Crippen MR) is 6.87 cm³/mol. The van der Waals surface area contributed by atoms with Gasteiger partial charge >= 0.3 is 18.9 Å². The summed E-state index contributed by atoms with van der Waals surface area (Å²) in [6.07, 6.45) is 0. The Balaban J connectivity index is 0. The van der Waals surface area contributed by atoms with Crippen LogP contribution in [0.5, 0.6) is 0 Å². The Hall–Kier alpha value is 2.13. The van der Waals surface area contributed by atoms with Crippen molar-refractivity contribution >= 4 is 17.4 Å². The van der Waals surface area contributed by atoms with Gasteiger partial charge in [0.25, 0.3) is 0 Å². The molecule has 0 aliphatic rings. The third-order valence-corrected chi connectivity index (χ3v) is 0. The van der Waals surface area contributed by atoms with Crippen molar-refractivity contribution in [2.45, 2.75) is 0 Å². The van der Waals surface area contributed by atoms with E-state index in [0.717, 1.165) is 0 Å². The second-order valence-corrected chi connectivity index (χ2v) is 0. The van der Waals surface area contributed by atoms with E-state index in [1.54, 1.807) is 0 Å². The van der Waals surface area contributed by atoms with E-state index in [4.69, 9.17) is 0 Å². The molecule has 0 nitrogen and oxygen atoms in total. The average molecular weight is 153 g/mol. The number of hydrogen-bond acceptors (Lipinski definition) is 0. The molecule has 0 bridgehead atoms. The average Bonchev–Trinajstić information content (AvgIpc) is 0. The Morgan fingerprint density at radius 3 is 1.25 bits per heavy atom. The monoisotopic (exact) mass is 152 g/mol. The van der Waals surface area contributed by atoms with Crippen LogP contribution in [-0.2, 0) is 33.3 Å². The molecular weight excluding hydrogens is 152 g/mol. The zero-order chi connectivity index (χ0) is 0. The van der Waals surface area contributed by atoms with Gasteiger partial charge in [0.15, 0.2) is 0 Å². The molecule has 4 heteroatoms. The van der Waals surface area contributed by atoms with Crippen LogP contribution in [0, 0.1) is 0 Å². The normalized spacial score (nSPS) is 0. The second-order valence-electron chi connectivity index (χ2n) is 0. The first-order chi connectivity index (χ1) is 0. The van der Waals surface area contributed by atoms with Gasteiger partial charge in [0.05, 0.1) is 0 Å². The van der Waals surface area contributed by atoms with E-state index in [0.29, 0.717) is 0 Å². The largest absolute Gasteiger partial charge is 1.00 e. The van der Waals surface area contributed by atoms with Crippen molar-refractivity contribution in [2.75, 3.05) is 0 Å². The Morgan fingerprint density at radius 1 is 1.25 bits per heavy atom. The first-order valence-corrected chi connectivity index (χ1v) is 0. The van der Waals surface area contributed by atoms with Gasteiger partial charge in [0.2, 0.25) is 0 Å². The Labute approximate surface area is 70.4 Å². The molecule has 0 aliphatic carbocycles. The topological polar surface area (TPSA) is 0 Å². The van der Waals surface area contributed by atoms with E-state index < -0.39 is 0 Å². The molecule has 0 aromatic heterocycles. The number of rotatable bonds is 0. The zero-order valence-corrected chi connectivity index (χ0v) is 5.41. The molecule has 0 amide bonds. The van der Waals surface area contributed by atoms with Crippen molar-refractivity contribution < 1.29 is 53.6 Å². The molecule has 4 radical (unpaired) electrons. The zero-order valence-electron chi connectivity index (χ0n) is 3.23. The third kappa shape index (κ3) is 8.92. The van der Waals surface area contributed by atoms with Gasteiger partial charge in [-0.05, 0) is 0 Å². The maximum Gasteiger partial charge on any atom is 1.00 e. The van der Waals surface area contributed by atoms with Crippen molar-refractivity contribution in [3.63, 3.8) is 0 Å². The number of hydrogen-bond donors (Lipinski definition) is 0. The van der Waals surface area contributed by atoms with Crippen molar-refractivity contribution in [1.82, 2.24) is 0 Å². The van der Waals surface area contributed by atoms with E-state index in [1.807, 2.05) is 0 Å². The molecule has 0 saturated heterocycles. The summed E-state index contributed by atoms with van der Waals surface area (Å²) < 4.78 is 0. The predicted octanol–water partition coefficient (Wildman–Crippen LogP) is -3.27. The summed E-state index contributed by atoms with van der Waals surface area (Å²) in [6, 6.07) is 0. The maximum absolute atomic E-state index is 0. The van der Waals surface area contributed by atoms with E-state index in [-0.39, 0.29) is 70.9 Å². The second kappa shape index (κ2) is 19.3. The molecule has 0 saturated carbocycles. The van der Waals surface area contributed by atoms with Crippen LogP contribution >= 0.6 is 0 Å². The summed E-state index contributed by atoms with van der Waals surface area (Å²) in [4.78, 5) is 0. The van der Waals surface area contributed by atoms with Crippen LogP contribution in [0.25, 0.3) is 0 Å². The fourth-order valence-corrected chi connectivity index (χ4v) is 0. The molecule has 4 heavy (non-hydrogen) atoms. The van der Waals surface area contributed by atoms with Crippen LogP contribution < -0.4 is 18.9 Å². The summed E-state index contributed by atoms with van der Waals surface area (Å²) >= 11 is 0. The molecule has 0 fully saturated rings. The Kier molecular flexibility index (Phi) is 171. The summed E-state index contributed by atoms with van der Waals surface area (Å²) in [5.41, 5.74) is 0. The van der Waals surface area contributed by atoms with Gasteiger partial charge in [-0.1, -0.05) is 0 Å². The fourth-order valence-electron chi connectivity index (χ4n) is 0. The van der Waals surface area contributed by atoms with Crippen LogP contribution in [0.2, 0.25) is 0 Å². The molecule has 0 N–H and O–H groups in total. The Bertz CT molecular complexity index is 11.6. The van der Waals surface area contributed by atoms with Gasteiger partial charge in [0.1, 0.15) is 0 Å². The summed E-state index contributed by atoms with van der Waals surface area (Å²) in [6.45, 7) is 0. The maximum atomic E-state index is 0. The smallest absolute Gasteiger partial charge is 1.00 e. The van der Waals surface area contributed by atoms with Crippen LogP contribution in [0.15, 0.2) is 0 Å². The van der Waals surface area contributed by atoms with E-state index in [9.17, 15) is 0 Å².